The van der Waals surface area contributed by atoms with E-state index in [4.69, 9.17) is 0 Å². The first-order chi connectivity index (χ1) is 13.1. The molecule has 0 bridgehead atoms. The number of benzene rings is 1. The van der Waals surface area contributed by atoms with Crippen LogP contribution in [0.15, 0.2) is 24.3 Å². The van der Waals surface area contributed by atoms with Gasteiger partial charge in [0.05, 0.1) is 6.07 Å². The molecule has 146 valence electrons. The van der Waals surface area contributed by atoms with Gasteiger partial charge in [-0.3, -0.25) is 4.90 Å². The predicted octanol–water partition coefficient (Wildman–Crippen LogP) is 2.98. The molecule has 1 unspecified atom stereocenters. The molecule has 6 heteroatoms. The SMILES string of the molecule is CN(C)c1ccc(C(C#N)N2CCN(C(=O)NC3CCCCC3)CC2)cc1. The molecule has 6 nitrogen and oxygen atoms in total. The number of nitrogens with one attached hydrogen (secondary N) is 1. The molecule has 1 aliphatic carbocycles. The highest BCUT2D eigenvalue weighted by Gasteiger charge is 2.28. The maximum absolute atomic E-state index is 12.5. The Bertz CT molecular complexity index is 652. The Morgan fingerprint density at radius 3 is 2.30 bits per heavy atom. The van der Waals surface area contributed by atoms with Gasteiger partial charge in [0, 0.05) is 52.0 Å². The number of hydrogen-bond acceptors (Lipinski definition) is 4. The molecule has 1 saturated heterocycles. The van der Waals surface area contributed by atoms with Gasteiger partial charge in [0.15, 0.2) is 0 Å². The molecule has 3 rings (SSSR count). The van der Waals surface area contributed by atoms with Crippen molar-refractivity contribution in [2.45, 2.75) is 44.2 Å². The zero-order valence-electron chi connectivity index (χ0n) is 16.5. The van der Waals surface area contributed by atoms with E-state index in [1.54, 1.807) is 0 Å². The maximum Gasteiger partial charge on any atom is 0.317 e. The van der Waals surface area contributed by atoms with Gasteiger partial charge in [0.25, 0.3) is 0 Å². The first kappa shape index (κ1) is 19.5. The minimum atomic E-state index is -0.259. The van der Waals surface area contributed by atoms with Crippen molar-refractivity contribution in [3.8, 4) is 6.07 Å². The molecule has 1 saturated carbocycles. The molecule has 1 N–H and O–H groups in total. The van der Waals surface area contributed by atoms with Gasteiger partial charge in [0.1, 0.15) is 6.04 Å². The molecule has 2 amide bonds. The highest BCUT2D eigenvalue weighted by atomic mass is 16.2. The van der Waals surface area contributed by atoms with Gasteiger partial charge in [-0.2, -0.15) is 5.26 Å². The lowest BCUT2D eigenvalue weighted by Crippen LogP contribution is -2.54. The van der Waals surface area contributed by atoms with E-state index in [1.807, 2.05) is 43.3 Å². The lowest BCUT2D eigenvalue weighted by molar-refractivity contribution is 0.121. The van der Waals surface area contributed by atoms with E-state index in [-0.39, 0.29) is 12.1 Å². The standard InChI is InChI=1S/C21H31N5O/c1-24(2)19-10-8-17(9-11-19)20(16-22)25-12-14-26(15-13-25)21(27)23-18-6-4-3-5-7-18/h8-11,18,20H,3-7,12-15H2,1-2H3,(H,23,27). The molecule has 1 aromatic carbocycles. The van der Waals surface area contributed by atoms with Crippen molar-refractivity contribution in [2.24, 2.45) is 0 Å². The molecule has 0 aromatic heterocycles. The summed E-state index contributed by atoms with van der Waals surface area (Å²) in [7, 11) is 4.02. The third-order valence-electron chi connectivity index (χ3n) is 5.75. The third-order valence-corrected chi connectivity index (χ3v) is 5.75. The molecule has 27 heavy (non-hydrogen) atoms. The largest absolute Gasteiger partial charge is 0.378 e. The molecular weight excluding hydrogens is 338 g/mol. The van der Waals surface area contributed by atoms with Gasteiger partial charge in [-0.25, -0.2) is 4.79 Å². The summed E-state index contributed by atoms with van der Waals surface area (Å²) in [5, 5.41) is 12.9. The number of hydrogen-bond donors (Lipinski definition) is 1. The van der Waals surface area contributed by atoms with Crippen molar-refractivity contribution in [1.82, 2.24) is 15.1 Å². The lowest BCUT2D eigenvalue weighted by Gasteiger charge is -2.38. The van der Waals surface area contributed by atoms with Crippen LogP contribution in [0.5, 0.6) is 0 Å². The van der Waals surface area contributed by atoms with Crippen molar-refractivity contribution in [1.29, 1.82) is 5.26 Å². The zero-order valence-corrected chi connectivity index (χ0v) is 16.5. The molecule has 1 aliphatic heterocycles. The molecular formula is C21H31N5O. The number of nitrogens with zero attached hydrogens (tertiary/aromatic N) is 4. The number of carbonyl (C=O) groups excluding carboxylic acids is 1. The minimum Gasteiger partial charge on any atom is -0.378 e. The van der Waals surface area contributed by atoms with Crippen molar-refractivity contribution >= 4 is 11.7 Å². The molecule has 2 aliphatic rings. The Morgan fingerprint density at radius 1 is 1.11 bits per heavy atom. The fourth-order valence-corrected chi connectivity index (χ4v) is 4.02. The van der Waals surface area contributed by atoms with Crippen LogP contribution >= 0.6 is 0 Å². The summed E-state index contributed by atoms with van der Waals surface area (Å²) < 4.78 is 0. The number of urea groups is 1. The summed E-state index contributed by atoms with van der Waals surface area (Å²) in [6, 6.07) is 10.7. The minimum absolute atomic E-state index is 0.0605. The smallest absolute Gasteiger partial charge is 0.317 e. The van der Waals surface area contributed by atoms with E-state index in [9.17, 15) is 10.1 Å². The second kappa shape index (κ2) is 9.09. The van der Waals surface area contributed by atoms with Crippen molar-refractivity contribution in [3.05, 3.63) is 29.8 Å². The van der Waals surface area contributed by atoms with Gasteiger partial charge in [-0.15, -0.1) is 0 Å². The number of nitriles is 1. The van der Waals surface area contributed by atoms with Crippen molar-refractivity contribution < 1.29 is 4.79 Å². The highest BCUT2D eigenvalue weighted by molar-refractivity contribution is 5.74. The van der Waals surface area contributed by atoms with Crippen molar-refractivity contribution in [2.75, 3.05) is 45.2 Å². The number of piperazine rings is 1. The average Bonchev–Trinajstić information content (AvgIpc) is 2.70. The van der Waals surface area contributed by atoms with Crippen LogP contribution in [0.2, 0.25) is 0 Å². The topological polar surface area (TPSA) is 62.6 Å². The number of anilines is 1. The molecule has 0 radical (unpaired) electrons. The molecule has 1 aromatic rings. The Balaban J connectivity index is 1.53. The summed E-state index contributed by atoms with van der Waals surface area (Å²) in [4.78, 5) is 18.6. The monoisotopic (exact) mass is 369 g/mol. The highest BCUT2D eigenvalue weighted by Crippen LogP contribution is 2.24. The molecule has 1 heterocycles. The summed E-state index contributed by atoms with van der Waals surface area (Å²) in [5.74, 6) is 0. The van der Waals surface area contributed by atoms with Gasteiger partial charge in [-0.05, 0) is 30.5 Å². The summed E-state index contributed by atoms with van der Waals surface area (Å²) in [6.07, 6.45) is 5.93. The normalized spacial score (nSPS) is 20.0. The number of amides is 2. The Morgan fingerprint density at radius 2 is 1.74 bits per heavy atom. The van der Waals surface area contributed by atoms with Crippen LogP contribution in [-0.2, 0) is 0 Å². The van der Waals surface area contributed by atoms with Gasteiger partial charge in [0.2, 0.25) is 0 Å². The molecule has 1 atom stereocenters. The van der Waals surface area contributed by atoms with Gasteiger partial charge in [-0.1, -0.05) is 31.4 Å². The summed E-state index contributed by atoms with van der Waals surface area (Å²) in [5.41, 5.74) is 2.14. The fourth-order valence-electron chi connectivity index (χ4n) is 4.02. The quantitative estimate of drug-likeness (QED) is 0.886. The van der Waals surface area contributed by atoms with E-state index in [0.29, 0.717) is 19.1 Å². The van der Waals surface area contributed by atoms with Gasteiger partial charge >= 0.3 is 6.03 Å². The third kappa shape index (κ3) is 4.92. The van der Waals surface area contributed by atoms with Crippen LogP contribution < -0.4 is 10.2 Å². The Hall–Kier alpha value is -2.26. The van der Waals surface area contributed by atoms with E-state index in [0.717, 1.165) is 37.2 Å². The van der Waals surface area contributed by atoms with Crippen LogP contribution in [-0.4, -0.2) is 62.1 Å². The molecule has 0 spiro atoms. The van der Waals surface area contributed by atoms with Crippen LogP contribution in [0.3, 0.4) is 0 Å². The number of rotatable bonds is 4. The van der Waals surface area contributed by atoms with E-state index < -0.39 is 0 Å². The Kier molecular flexibility index (Phi) is 6.57. The first-order valence-electron chi connectivity index (χ1n) is 10.0. The van der Waals surface area contributed by atoms with E-state index >= 15 is 0 Å². The maximum atomic E-state index is 12.5. The Labute approximate surface area is 162 Å². The summed E-state index contributed by atoms with van der Waals surface area (Å²) >= 11 is 0. The summed E-state index contributed by atoms with van der Waals surface area (Å²) in [6.45, 7) is 2.80. The van der Waals surface area contributed by atoms with Crippen molar-refractivity contribution in [3.63, 3.8) is 0 Å². The molecule has 2 fully saturated rings. The second-order valence-corrected chi connectivity index (χ2v) is 7.83. The first-order valence-corrected chi connectivity index (χ1v) is 10.0. The second-order valence-electron chi connectivity index (χ2n) is 7.83. The van der Waals surface area contributed by atoms with E-state index in [2.05, 4.69) is 21.2 Å². The van der Waals surface area contributed by atoms with E-state index in [1.165, 1.54) is 19.3 Å². The number of carbonyl (C=O) groups is 1. The van der Waals surface area contributed by atoms with Crippen LogP contribution in [0, 0.1) is 11.3 Å². The zero-order chi connectivity index (χ0) is 19.2. The van der Waals surface area contributed by atoms with Crippen LogP contribution in [0.1, 0.15) is 43.7 Å². The van der Waals surface area contributed by atoms with Crippen LogP contribution in [0.25, 0.3) is 0 Å². The predicted molar refractivity (Wildman–Crippen MR) is 108 cm³/mol. The fraction of sp³-hybridized carbons (Fsp3) is 0.619. The average molecular weight is 370 g/mol. The lowest BCUT2D eigenvalue weighted by atomic mass is 9.96. The van der Waals surface area contributed by atoms with Crippen LogP contribution in [0.4, 0.5) is 10.5 Å². The van der Waals surface area contributed by atoms with Gasteiger partial charge < -0.3 is 15.1 Å².